The average molecular weight is 346 g/mol. The van der Waals surface area contributed by atoms with Crippen LogP contribution in [0.1, 0.15) is 5.56 Å². The van der Waals surface area contributed by atoms with Gasteiger partial charge in [0.25, 0.3) is 0 Å². The summed E-state index contributed by atoms with van der Waals surface area (Å²) in [5.74, 6) is 0.207. The van der Waals surface area contributed by atoms with Crippen molar-refractivity contribution in [2.24, 2.45) is 0 Å². The monoisotopic (exact) mass is 344 g/mol. The zero-order chi connectivity index (χ0) is 11.7. The van der Waals surface area contributed by atoms with Crippen LogP contribution in [0, 0.1) is 12.7 Å². The van der Waals surface area contributed by atoms with E-state index in [2.05, 4.69) is 41.8 Å². The Balaban J connectivity index is 2.57. The summed E-state index contributed by atoms with van der Waals surface area (Å²) >= 11 is 6.54. The predicted molar refractivity (Wildman–Crippen MR) is 67.6 cm³/mol. The number of halogens is 3. The molecule has 0 spiro atoms. The molecule has 1 aromatic heterocycles. The van der Waals surface area contributed by atoms with Gasteiger partial charge in [-0.1, -0.05) is 0 Å². The van der Waals surface area contributed by atoms with Gasteiger partial charge >= 0.3 is 0 Å². The summed E-state index contributed by atoms with van der Waals surface area (Å²) in [6.07, 6.45) is 0. The summed E-state index contributed by atoms with van der Waals surface area (Å²) in [5, 5.41) is 0. The molecule has 16 heavy (non-hydrogen) atoms. The van der Waals surface area contributed by atoms with Crippen molar-refractivity contribution in [2.75, 3.05) is 0 Å². The number of aromatic nitrogens is 2. The predicted octanol–water partition coefficient (Wildman–Crippen LogP) is 4.12. The molecule has 0 radical (unpaired) electrons. The first-order valence-electron chi connectivity index (χ1n) is 4.52. The molecule has 0 unspecified atom stereocenters. The molecule has 5 heteroatoms. The van der Waals surface area contributed by atoms with Crippen LogP contribution in [-0.2, 0) is 0 Å². The lowest BCUT2D eigenvalue weighted by atomic mass is 10.1. The Morgan fingerprint density at radius 1 is 1.00 bits per heavy atom. The summed E-state index contributed by atoms with van der Waals surface area (Å²) in [5.41, 5.74) is 1.51. The molecule has 0 N–H and O–H groups in total. The molecule has 1 aromatic carbocycles. The topological polar surface area (TPSA) is 25.8 Å². The van der Waals surface area contributed by atoms with Gasteiger partial charge in [-0.3, -0.25) is 0 Å². The van der Waals surface area contributed by atoms with Crippen molar-refractivity contribution in [3.8, 4) is 11.4 Å². The van der Waals surface area contributed by atoms with E-state index in [1.807, 2.05) is 13.0 Å². The molecule has 0 amide bonds. The van der Waals surface area contributed by atoms with Crippen LogP contribution in [0.15, 0.2) is 33.5 Å². The van der Waals surface area contributed by atoms with E-state index in [-0.39, 0.29) is 5.82 Å². The highest BCUT2D eigenvalue weighted by Gasteiger charge is 2.06. The summed E-state index contributed by atoms with van der Waals surface area (Å²) in [6.45, 7) is 1.83. The molecule has 0 atom stereocenters. The molecule has 2 rings (SSSR count). The van der Waals surface area contributed by atoms with Gasteiger partial charge in [0, 0.05) is 11.6 Å². The molecule has 2 nitrogen and oxygen atoms in total. The third-order valence-electron chi connectivity index (χ3n) is 1.96. The number of aryl methyl sites for hydroxylation is 1. The maximum atomic E-state index is 13.2. The zero-order valence-corrected chi connectivity index (χ0v) is 11.5. The highest BCUT2D eigenvalue weighted by Crippen LogP contribution is 2.22. The van der Waals surface area contributed by atoms with Gasteiger partial charge in [-0.2, -0.15) is 0 Å². The van der Waals surface area contributed by atoms with E-state index in [9.17, 15) is 4.39 Å². The standard InChI is InChI=1S/C11H7Br2FN2/c1-6-2-7(4-8(14)3-6)11-15-9(12)5-10(13)16-11/h2-5H,1H3. The SMILES string of the molecule is Cc1cc(F)cc(-c2nc(Br)cc(Br)n2)c1. The molecule has 0 aliphatic carbocycles. The highest BCUT2D eigenvalue weighted by atomic mass is 79.9. The Morgan fingerprint density at radius 2 is 1.62 bits per heavy atom. The van der Waals surface area contributed by atoms with E-state index in [0.717, 1.165) is 5.56 Å². The summed E-state index contributed by atoms with van der Waals surface area (Å²) in [7, 11) is 0. The number of nitrogens with zero attached hydrogens (tertiary/aromatic N) is 2. The minimum atomic E-state index is -0.283. The van der Waals surface area contributed by atoms with Crippen LogP contribution < -0.4 is 0 Å². The molecule has 2 aromatic rings. The fourth-order valence-corrected chi connectivity index (χ4v) is 2.46. The third-order valence-corrected chi connectivity index (χ3v) is 2.78. The van der Waals surface area contributed by atoms with Crippen LogP contribution in [0.3, 0.4) is 0 Å². The largest absolute Gasteiger partial charge is 0.221 e. The van der Waals surface area contributed by atoms with Crippen molar-refractivity contribution in [2.45, 2.75) is 6.92 Å². The maximum absolute atomic E-state index is 13.2. The molecule has 1 heterocycles. The second kappa shape index (κ2) is 4.59. The quantitative estimate of drug-likeness (QED) is 0.727. The van der Waals surface area contributed by atoms with Crippen molar-refractivity contribution in [3.63, 3.8) is 0 Å². The lowest BCUT2D eigenvalue weighted by Gasteiger charge is -2.03. The first kappa shape index (κ1) is 11.7. The van der Waals surface area contributed by atoms with E-state index in [0.29, 0.717) is 20.6 Å². The van der Waals surface area contributed by atoms with Crippen LogP contribution in [0.4, 0.5) is 4.39 Å². The van der Waals surface area contributed by atoms with Gasteiger partial charge in [0.05, 0.1) is 0 Å². The molecule has 0 fully saturated rings. The molecule has 0 aliphatic rings. The lowest BCUT2D eigenvalue weighted by molar-refractivity contribution is 0.627. The first-order chi connectivity index (χ1) is 7.54. The fraction of sp³-hybridized carbons (Fsp3) is 0.0909. The van der Waals surface area contributed by atoms with Crippen molar-refractivity contribution < 1.29 is 4.39 Å². The van der Waals surface area contributed by atoms with Crippen molar-refractivity contribution in [1.82, 2.24) is 9.97 Å². The fourth-order valence-electron chi connectivity index (χ4n) is 1.38. The number of benzene rings is 1. The van der Waals surface area contributed by atoms with Crippen LogP contribution in [0.25, 0.3) is 11.4 Å². The van der Waals surface area contributed by atoms with Crippen LogP contribution >= 0.6 is 31.9 Å². The van der Waals surface area contributed by atoms with Gasteiger partial charge in [0.2, 0.25) is 0 Å². The van der Waals surface area contributed by atoms with Gasteiger partial charge in [-0.15, -0.1) is 0 Å². The first-order valence-corrected chi connectivity index (χ1v) is 6.11. The van der Waals surface area contributed by atoms with E-state index in [1.54, 1.807) is 6.07 Å². The van der Waals surface area contributed by atoms with E-state index < -0.39 is 0 Å². The summed E-state index contributed by atoms with van der Waals surface area (Å²) < 4.78 is 14.6. The van der Waals surface area contributed by atoms with E-state index in [1.165, 1.54) is 12.1 Å². The van der Waals surface area contributed by atoms with Crippen molar-refractivity contribution in [1.29, 1.82) is 0 Å². The van der Waals surface area contributed by atoms with Gasteiger partial charge in [0.1, 0.15) is 15.0 Å². The second-order valence-electron chi connectivity index (χ2n) is 3.35. The Kier molecular flexibility index (Phi) is 3.35. The van der Waals surface area contributed by atoms with Gasteiger partial charge in [0.15, 0.2) is 5.82 Å². The van der Waals surface area contributed by atoms with Crippen LogP contribution in [0.2, 0.25) is 0 Å². The summed E-state index contributed by atoms with van der Waals surface area (Å²) in [4.78, 5) is 8.39. The average Bonchev–Trinajstić information content (AvgIpc) is 2.14. The number of hydrogen-bond donors (Lipinski definition) is 0. The molecule has 0 aliphatic heterocycles. The normalized spacial score (nSPS) is 10.5. The minimum Gasteiger partial charge on any atom is -0.221 e. The van der Waals surface area contributed by atoms with Crippen molar-refractivity contribution >= 4 is 31.9 Å². The molecule has 0 saturated carbocycles. The Bertz CT molecular complexity index is 454. The Labute approximate surface area is 109 Å². The molecule has 0 bridgehead atoms. The van der Waals surface area contributed by atoms with Crippen LogP contribution in [0.5, 0.6) is 0 Å². The van der Waals surface area contributed by atoms with Crippen molar-refractivity contribution in [3.05, 3.63) is 44.9 Å². The summed E-state index contributed by atoms with van der Waals surface area (Å²) in [6, 6.07) is 6.46. The number of rotatable bonds is 1. The van der Waals surface area contributed by atoms with E-state index >= 15 is 0 Å². The smallest absolute Gasteiger partial charge is 0.161 e. The molecule has 0 saturated heterocycles. The highest BCUT2D eigenvalue weighted by molar-refractivity contribution is 9.11. The zero-order valence-electron chi connectivity index (χ0n) is 8.34. The van der Waals surface area contributed by atoms with Crippen LogP contribution in [-0.4, -0.2) is 9.97 Å². The molecular formula is C11H7Br2FN2. The Morgan fingerprint density at radius 3 is 2.19 bits per heavy atom. The molecular weight excluding hydrogens is 339 g/mol. The van der Waals surface area contributed by atoms with Gasteiger partial charge in [-0.25, -0.2) is 14.4 Å². The molecule has 82 valence electrons. The van der Waals surface area contributed by atoms with E-state index in [4.69, 9.17) is 0 Å². The van der Waals surface area contributed by atoms with Gasteiger partial charge in [-0.05, 0) is 62.5 Å². The second-order valence-corrected chi connectivity index (χ2v) is 4.98. The Hall–Kier alpha value is -0.810. The van der Waals surface area contributed by atoms with Gasteiger partial charge < -0.3 is 0 Å². The minimum absolute atomic E-state index is 0.283. The third kappa shape index (κ3) is 2.65. The lowest BCUT2D eigenvalue weighted by Crippen LogP contribution is -1.92. The maximum Gasteiger partial charge on any atom is 0.161 e. The number of hydrogen-bond acceptors (Lipinski definition) is 2.